The van der Waals surface area contributed by atoms with Gasteiger partial charge in [-0.25, -0.2) is 0 Å². The van der Waals surface area contributed by atoms with Gasteiger partial charge in [-0.05, 0) is 13.8 Å². The standard InChI is InChI=1S/C8H19NO2S/c1-4-11-7-8(2)9-5-6-12(3)10/h8-9H,4-7H2,1-3H3. The van der Waals surface area contributed by atoms with E-state index in [1.807, 2.05) is 6.92 Å². The van der Waals surface area contributed by atoms with Crippen molar-refractivity contribution in [2.24, 2.45) is 0 Å². The van der Waals surface area contributed by atoms with Crippen LogP contribution < -0.4 is 5.32 Å². The van der Waals surface area contributed by atoms with Crippen molar-refractivity contribution in [1.29, 1.82) is 0 Å². The highest BCUT2D eigenvalue weighted by atomic mass is 32.2. The van der Waals surface area contributed by atoms with Crippen LogP contribution in [0.2, 0.25) is 0 Å². The number of ether oxygens (including phenoxy) is 1. The summed E-state index contributed by atoms with van der Waals surface area (Å²) >= 11 is 0. The lowest BCUT2D eigenvalue weighted by molar-refractivity contribution is 0.128. The summed E-state index contributed by atoms with van der Waals surface area (Å²) in [6, 6.07) is 0.355. The topological polar surface area (TPSA) is 38.3 Å². The fourth-order valence-electron chi connectivity index (χ4n) is 0.803. The van der Waals surface area contributed by atoms with Crippen LogP contribution in [-0.4, -0.2) is 42.0 Å². The molecule has 0 aliphatic heterocycles. The fraction of sp³-hybridized carbons (Fsp3) is 1.00. The SMILES string of the molecule is CCOCC(C)NCCS(C)=O. The van der Waals surface area contributed by atoms with E-state index in [0.717, 1.165) is 25.5 Å². The lowest BCUT2D eigenvalue weighted by atomic mass is 10.3. The van der Waals surface area contributed by atoms with Crippen LogP contribution in [0, 0.1) is 0 Å². The Morgan fingerprint density at radius 1 is 1.58 bits per heavy atom. The van der Waals surface area contributed by atoms with Gasteiger partial charge < -0.3 is 10.1 Å². The third-order valence-electron chi connectivity index (χ3n) is 1.45. The van der Waals surface area contributed by atoms with E-state index in [9.17, 15) is 4.21 Å². The summed E-state index contributed by atoms with van der Waals surface area (Å²) in [7, 11) is -0.691. The molecule has 0 aromatic heterocycles. The summed E-state index contributed by atoms with van der Waals surface area (Å²) < 4.78 is 15.9. The van der Waals surface area contributed by atoms with Crippen molar-refractivity contribution in [2.45, 2.75) is 19.9 Å². The van der Waals surface area contributed by atoms with E-state index < -0.39 is 10.8 Å². The van der Waals surface area contributed by atoms with Crippen LogP contribution in [0.4, 0.5) is 0 Å². The predicted molar refractivity (Wildman–Crippen MR) is 52.9 cm³/mol. The molecule has 1 N–H and O–H groups in total. The summed E-state index contributed by atoms with van der Waals surface area (Å²) in [6.07, 6.45) is 1.72. The molecule has 0 heterocycles. The molecule has 0 saturated carbocycles. The Morgan fingerprint density at radius 2 is 2.25 bits per heavy atom. The Kier molecular flexibility index (Phi) is 7.75. The highest BCUT2D eigenvalue weighted by Crippen LogP contribution is 1.83. The van der Waals surface area contributed by atoms with Gasteiger partial charge in [0.1, 0.15) is 0 Å². The molecule has 0 radical (unpaired) electrons. The second kappa shape index (κ2) is 7.71. The highest BCUT2D eigenvalue weighted by molar-refractivity contribution is 7.84. The summed E-state index contributed by atoms with van der Waals surface area (Å²) in [6.45, 7) is 6.33. The molecule has 0 rings (SSSR count). The van der Waals surface area contributed by atoms with Gasteiger partial charge in [0.05, 0.1) is 6.61 Å². The van der Waals surface area contributed by atoms with Gasteiger partial charge in [-0.1, -0.05) is 0 Å². The Balaban J connectivity index is 3.19. The molecule has 0 aliphatic rings. The largest absolute Gasteiger partial charge is 0.380 e. The van der Waals surface area contributed by atoms with Crippen molar-refractivity contribution in [3.05, 3.63) is 0 Å². The first-order valence-corrected chi connectivity index (χ1v) is 6.00. The molecule has 12 heavy (non-hydrogen) atoms. The Bertz CT molecular complexity index is 130. The quantitative estimate of drug-likeness (QED) is 0.635. The fourth-order valence-corrected chi connectivity index (χ4v) is 1.21. The minimum atomic E-state index is -0.691. The third kappa shape index (κ3) is 8.17. The van der Waals surface area contributed by atoms with Crippen LogP contribution >= 0.6 is 0 Å². The minimum absolute atomic E-state index is 0.355. The smallest absolute Gasteiger partial charge is 0.0616 e. The molecule has 0 bridgehead atoms. The van der Waals surface area contributed by atoms with Crippen LogP contribution in [-0.2, 0) is 15.5 Å². The van der Waals surface area contributed by atoms with Crippen molar-refractivity contribution in [1.82, 2.24) is 5.32 Å². The molecule has 0 amide bonds. The van der Waals surface area contributed by atoms with Crippen molar-refractivity contribution in [3.63, 3.8) is 0 Å². The molecule has 0 aromatic carbocycles. The van der Waals surface area contributed by atoms with Gasteiger partial charge in [-0.2, -0.15) is 0 Å². The zero-order valence-electron chi connectivity index (χ0n) is 8.13. The van der Waals surface area contributed by atoms with Crippen molar-refractivity contribution in [3.8, 4) is 0 Å². The normalized spacial score (nSPS) is 15.9. The van der Waals surface area contributed by atoms with E-state index in [0.29, 0.717) is 6.04 Å². The Morgan fingerprint density at radius 3 is 2.75 bits per heavy atom. The number of nitrogens with one attached hydrogen (secondary N) is 1. The van der Waals surface area contributed by atoms with E-state index in [2.05, 4.69) is 12.2 Å². The van der Waals surface area contributed by atoms with E-state index in [4.69, 9.17) is 4.74 Å². The molecule has 0 spiro atoms. The van der Waals surface area contributed by atoms with E-state index >= 15 is 0 Å². The first-order chi connectivity index (χ1) is 5.66. The number of hydrogen-bond donors (Lipinski definition) is 1. The zero-order chi connectivity index (χ0) is 9.40. The first kappa shape index (κ1) is 12.1. The van der Waals surface area contributed by atoms with Gasteiger partial charge in [-0.3, -0.25) is 4.21 Å². The van der Waals surface area contributed by atoms with Crippen molar-refractivity contribution in [2.75, 3.05) is 31.8 Å². The molecular weight excluding hydrogens is 174 g/mol. The molecule has 0 saturated heterocycles. The third-order valence-corrected chi connectivity index (χ3v) is 2.23. The van der Waals surface area contributed by atoms with Gasteiger partial charge in [0, 0.05) is 42.0 Å². The van der Waals surface area contributed by atoms with Gasteiger partial charge in [-0.15, -0.1) is 0 Å². The molecule has 0 fully saturated rings. The average molecular weight is 193 g/mol. The van der Waals surface area contributed by atoms with Crippen LogP contribution in [0.1, 0.15) is 13.8 Å². The van der Waals surface area contributed by atoms with E-state index in [-0.39, 0.29) is 0 Å². The molecule has 74 valence electrons. The maximum atomic E-state index is 10.7. The molecule has 0 aliphatic carbocycles. The molecule has 3 nitrogen and oxygen atoms in total. The monoisotopic (exact) mass is 193 g/mol. The van der Waals surface area contributed by atoms with Gasteiger partial charge in [0.2, 0.25) is 0 Å². The van der Waals surface area contributed by atoms with Crippen LogP contribution in [0.15, 0.2) is 0 Å². The average Bonchev–Trinajstić information content (AvgIpc) is 2.00. The van der Waals surface area contributed by atoms with Gasteiger partial charge >= 0.3 is 0 Å². The maximum absolute atomic E-state index is 10.7. The van der Waals surface area contributed by atoms with E-state index in [1.165, 1.54) is 0 Å². The van der Waals surface area contributed by atoms with Crippen molar-refractivity contribution >= 4 is 10.8 Å². The number of rotatable bonds is 7. The highest BCUT2D eigenvalue weighted by Gasteiger charge is 1.99. The van der Waals surface area contributed by atoms with Gasteiger partial charge in [0.15, 0.2) is 0 Å². The summed E-state index contributed by atoms with van der Waals surface area (Å²) in [4.78, 5) is 0. The molecule has 2 unspecified atom stereocenters. The summed E-state index contributed by atoms with van der Waals surface area (Å²) in [5, 5.41) is 3.23. The maximum Gasteiger partial charge on any atom is 0.0616 e. The minimum Gasteiger partial charge on any atom is -0.380 e. The lowest BCUT2D eigenvalue weighted by Crippen LogP contribution is -2.33. The number of hydrogen-bond acceptors (Lipinski definition) is 3. The zero-order valence-corrected chi connectivity index (χ0v) is 8.95. The summed E-state index contributed by atoms with van der Waals surface area (Å²) in [5.74, 6) is 0.719. The van der Waals surface area contributed by atoms with Gasteiger partial charge in [0.25, 0.3) is 0 Å². The first-order valence-electron chi connectivity index (χ1n) is 4.28. The molecular formula is C8H19NO2S. The molecule has 2 atom stereocenters. The molecule has 0 aromatic rings. The van der Waals surface area contributed by atoms with Crippen LogP contribution in [0.25, 0.3) is 0 Å². The van der Waals surface area contributed by atoms with Crippen LogP contribution in [0.3, 0.4) is 0 Å². The van der Waals surface area contributed by atoms with Crippen molar-refractivity contribution < 1.29 is 8.95 Å². The van der Waals surface area contributed by atoms with Crippen LogP contribution in [0.5, 0.6) is 0 Å². The second-order valence-corrected chi connectivity index (χ2v) is 4.35. The summed E-state index contributed by atoms with van der Waals surface area (Å²) in [5.41, 5.74) is 0. The second-order valence-electron chi connectivity index (χ2n) is 2.79. The predicted octanol–water partition coefficient (Wildman–Crippen LogP) is 0.379. The Hall–Kier alpha value is 0.0700. The molecule has 4 heteroatoms. The van der Waals surface area contributed by atoms with E-state index in [1.54, 1.807) is 6.26 Å². The Labute approximate surface area is 77.3 Å². The lowest BCUT2D eigenvalue weighted by Gasteiger charge is -2.12.